The summed E-state index contributed by atoms with van der Waals surface area (Å²) < 4.78 is 5.56. The third-order valence-electron chi connectivity index (χ3n) is 3.92. The lowest BCUT2D eigenvalue weighted by Crippen LogP contribution is -2.25. The number of rotatable bonds is 5. The fourth-order valence-corrected chi connectivity index (χ4v) is 2.91. The minimum Gasteiger partial charge on any atom is -0.501 e. The van der Waals surface area contributed by atoms with Crippen LogP contribution in [0.25, 0.3) is 10.9 Å². The quantitative estimate of drug-likeness (QED) is 0.901. The van der Waals surface area contributed by atoms with Crippen molar-refractivity contribution < 1.29 is 4.74 Å². The lowest BCUT2D eigenvalue weighted by Gasteiger charge is -2.25. The molecule has 1 aromatic carbocycles. The summed E-state index contributed by atoms with van der Waals surface area (Å²) in [6.45, 7) is 4.03. The Labute approximate surface area is 126 Å². The SMILES string of the molecule is CCCNC(C1=COCCC1)c1cccc2ncccc12. The molecule has 110 valence electrons. The van der Waals surface area contributed by atoms with Crippen molar-refractivity contribution in [2.45, 2.75) is 32.2 Å². The molecule has 2 aromatic rings. The fourth-order valence-electron chi connectivity index (χ4n) is 2.91. The molecule has 1 atom stereocenters. The number of fused-ring (bicyclic) bond motifs is 1. The summed E-state index contributed by atoms with van der Waals surface area (Å²) in [5.74, 6) is 0. The van der Waals surface area contributed by atoms with Crippen molar-refractivity contribution in [2.24, 2.45) is 0 Å². The summed E-state index contributed by atoms with van der Waals surface area (Å²) in [4.78, 5) is 4.47. The lowest BCUT2D eigenvalue weighted by molar-refractivity contribution is 0.219. The molecule has 0 bridgehead atoms. The van der Waals surface area contributed by atoms with Gasteiger partial charge in [-0.25, -0.2) is 0 Å². The van der Waals surface area contributed by atoms with Gasteiger partial charge >= 0.3 is 0 Å². The second-order valence-corrected chi connectivity index (χ2v) is 5.47. The van der Waals surface area contributed by atoms with Gasteiger partial charge in [-0.1, -0.05) is 25.1 Å². The maximum absolute atomic E-state index is 5.56. The first-order valence-electron chi connectivity index (χ1n) is 7.77. The monoisotopic (exact) mass is 282 g/mol. The Morgan fingerprint density at radius 3 is 3.05 bits per heavy atom. The molecule has 0 spiro atoms. The number of pyridine rings is 1. The van der Waals surface area contributed by atoms with Gasteiger partial charge in [0.15, 0.2) is 0 Å². The summed E-state index contributed by atoms with van der Waals surface area (Å²) in [5.41, 5.74) is 3.69. The van der Waals surface area contributed by atoms with Crippen molar-refractivity contribution in [1.29, 1.82) is 0 Å². The predicted octanol–water partition coefficient (Wildman–Crippen LogP) is 3.97. The fraction of sp³-hybridized carbons (Fsp3) is 0.389. The normalized spacial score (nSPS) is 16.3. The molecule has 1 aliphatic rings. The molecule has 1 unspecified atom stereocenters. The maximum atomic E-state index is 5.56. The van der Waals surface area contributed by atoms with Gasteiger partial charge in [0.1, 0.15) is 0 Å². The van der Waals surface area contributed by atoms with Crippen LogP contribution in [0.4, 0.5) is 0 Å². The first-order valence-corrected chi connectivity index (χ1v) is 7.77. The average molecular weight is 282 g/mol. The molecule has 3 rings (SSSR count). The highest BCUT2D eigenvalue weighted by molar-refractivity contribution is 5.82. The highest BCUT2D eigenvalue weighted by Crippen LogP contribution is 2.31. The Bertz CT molecular complexity index is 631. The van der Waals surface area contributed by atoms with Crippen LogP contribution in [-0.2, 0) is 4.74 Å². The van der Waals surface area contributed by atoms with Gasteiger partial charge in [0.2, 0.25) is 0 Å². The summed E-state index contributed by atoms with van der Waals surface area (Å²) in [5, 5.41) is 4.89. The van der Waals surface area contributed by atoms with Crippen LogP contribution in [0.3, 0.4) is 0 Å². The molecule has 1 N–H and O–H groups in total. The van der Waals surface area contributed by atoms with Crippen LogP contribution in [0.5, 0.6) is 0 Å². The van der Waals surface area contributed by atoms with Gasteiger partial charge in [0.25, 0.3) is 0 Å². The molecule has 3 nitrogen and oxygen atoms in total. The smallest absolute Gasteiger partial charge is 0.0876 e. The van der Waals surface area contributed by atoms with Crippen molar-refractivity contribution in [3.63, 3.8) is 0 Å². The largest absolute Gasteiger partial charge is 0.501 e. The van der Waals surface area contributed by atoms with Gasteiger partial charge in [0.05, 0.1) is 24.4 Å². The van der Waals surface area contributed by atoms with Crippen LogP contribution in [0.15, 0.2) is 48.4 Å². The molecule has 0 radical (unpaired) electrons. The van der Waals surface area contributed by atoms with Crippen molar-refractivity contribution in [3.8, 4) is 0 Å². The molecule has 0 fully saturated rings. The highest BCUT2D eigenvalue weighted by atomic mass is 16.5. The summed E-state index contributed by atoms with van der Waals surface area (Å²) in [6, 6.07) is 10.7. The van der Waals surface area contributed by atoms with E-state index in [9.17, 15) is 0 Å². The molecule has 0 saturated carbocycles. The number of ether oxygens (including phenoxy) is 1. The maximum Gasteiger partial charge on any atom is 0.0876 e. The van der Waals surface area contributed by atoms with E-state index in [1.165, 1.54) is 16.5 Å². The van der Waals surface area contributed by atoms with Crippen LogP contribution in [0.2, 0.25) is 0 Å². The number of nitrogens with one attached hydrogen (secondary N) is 1. The molecule has 2 heterocycles. The molecule has 0 saturated heterocycles. The summed E-state index contributed by atoms with van der Waals surface area (Å²) >= 11 is 0. The Morgan fingerprint density at radius 1 is 1.29 bits per heavy atom. The molecule has 21 heavy (non-hydrogen) atoms. The zero-order valence-electron chi connectivity index (χ0n) is 12.5. The Hall–Kier alpha value is -1.87. The van der Waals surface area contributed by atoms with Crippen LogP contribution >= 0.6 is 0 Å². The molecule has 1 aliphatic heterocycles. The number of benzene rings is 1. The Morgan fingerprint density at radius 2 is 2.24 bits per heavy atom. The van der Waals surface area contributed by atoms with E-state index in [2.05, 4.69) is 41.5 Å². The predicted molar refractivity (Wildman–Crippen MR) is 86.0 cm³/mol. The minimum atomic E-state index is 0.221. The average Bonchev–Trinajstić information content (AvgIpc) is 2.56. The zero-order valence-corrected chi connectivity index (χ0v) is 12.5. The van der Waals surface area contributed by atoms with Gasteiger partial charge < -0.3 is 10.1 Å². The second-order valence-electron chi connectivity index (χ2n) is 5.47. The molecular formula is C18H22N2O. The number of nitrogens with zero attached hydrogens (tertiary/aromatic N) is 1. The van der Waals surface area contributed by atoms with E-state index < -0.39 is 0 Å². The number of hydrogen-bond acceptors (Lipinski definition) is 3. The third-order valence-corrected chi connectivity index (χ3v) is 3.92. The Kier molecular flexibility index (Phi) is 4.51. The Balaban J connectivity index is 2.03. The van der Waals surface area contributed by atoms with Crippen molar-refractivity contribution in [3.05, 3.63) is 53.9 Å². The van der Waals surface area contributed by atoms with E-state index in [0.717, 1.165) is 37.9 Å². The molecule has 3 heteroatoms. The number of hydrogen-bond donors (Lipinski definition) is 1. The number of aromatic nitrogens is 1. The summed E-state index contributed by atoms with van der Waals surface area (Å²) in [7, 11) is 0. The van der Waals surface area contributed by atoms with Crippen molar-refractivity contribution >= 4 is 10.9 Å². The molecular weight excluding hydrogens is 260 g/mol. The van der Waals surface area contributed by atoms with E-state index in [1.54, 1.807) is 0 Å². The molecule has 0 amide bonds. The van der Waals surface area contributed by atoms with E-state index in [-0.39, 0.29) is 6.04 Å². The molecule has 0 aliphatic carbocycles. The van der Waals surface area contributed by atoms with Crippen LogP contribution in [0.1, 0.15) is 37.8 Å². The van der Waals surface area contributed by atoms with Gasteiger partial charge in [-0.3, -0.25) is 4.98 Å². The van der Waals surface area contributed by atoms with Gasteiger partial charge in [-0.2, -0.15) is 0 Å². The van der Waals surface area contributed by atoms with E-state index >= 15 is 0 Å². The van der Waals surface area contributed by atoms with Gasteiger partial charge in [-0.05, 0) is 49.1 Å². The zero-order chi connectivity index (χ0) is 14.5. The first-order chi connectivity index (χ1) is 10.4. The van der Waals surface area contributed by atoms with Gasteiger partial charge in [0, 0.05) is 11.6 Å². The first kappa shape index (κ1) is 14.1. The second kappa shape index (κ2) is 6.72. The van der Waals surface area contributed by atoms with Crippen molar-refractivity contribution in [1.82, 2.24) is 10.3 Å². The van der Waals surface area contributed by atoms with Crippen molar-refractivity contribution in [2.75, 3.05) is 13.2 Å². The topological polar surface area (TPSA) is 34.1 Å². The standard InChI is InChI=1S/C18H22N2O/c1-2-10-20-18(14-6-5-12-21-13-14)16-7-3-9-17-15(16)8-4-11-19-17/h3-4,7-9,11,13,18,20H,2,5-6,10,12H2,1H3. The molecule has 1 aromatic heterocycles. The van der Waals surface area contributed by atoms with E-state index in [4.69, 9.17) is 4.74 Å². The van der Waals surface area contributed by atoms with Gasteiger partial charge in [-0.15, -0.1) is 0 Å². The lowest BCUT2D eigenvalue weighted by atomic mass is 9.92. The minimum absolute atomic E-state index is 0.221. The highest BCUT2D eigenvalue weighted by Gasteiger charge is 2.20. The van der Waals surface area contributed by atoms with Crippen LogP contribution in [-0.4, -0.2) is 18.1 Å². The third kappa shape index (κ3) is 3.08. The summed E-state index contributed by atoms with van der Waals surface area (Å²) in [6.07, 6.45) is 7.11. The van der Waals surface area contributed by atoms with Crippen LogP contribution in [0, 0.1) is 0 Å². The van der Waals surface area contributed by atoms with Crippen LogP contribution < -0.4 is 5.32 Å². The van der Waals surface area contributed by atoms with E-state index in [1.807, 2.05) is 18.5 Å². The van der Waals surface area contributed by atoms with E-state index in [0.29, 0.717) is 0 Å².